The van der Waals surface area contributed by atoms with Crippen LogP contribution in [0.4, 0.5) is 17.5 Å². The summed E-state index contributed by atoms with van der Waals surface area (Å²) in [6.07, 6.45) is 6.15. The van der Waals surface area contributed by atoms with Gasteiger partial charge in [0.15, 0.2) is 0 Å². The Balaban J connectivity index is 1.72. The van der Waals surface area contributed by atoms with Crippen LogP contribution in [-0.2, 0) is 0 Å². The molecule has 0 bridgehead atoms. The molecule has 1 aromatic carbocycles. The van der Waals surface area contributed by atoms with Crippen LogP contribution in [0.1, 0.15) is 6.42 Å². The maximum Gasteiger partial charge on any atom is 0.229 e. The second-order valence-electron chi connectivity index (χ2n) is 4.98. The lowest BCUT2D eigenvalue weighted by molar-refractivity contribution is 0.869. The van der Waals surface area contributed by atoms with Crippen molar-refractivity contribution in [1.82, 2.24) is 19.9 Å². The minimum absolute atomic E-state index is 0.541. The zero-order chi connectivity index (χ0) is 15.9. The highest BCUT2D eigenvalue weighted by Gasteiger charge is 2.03. The van der Waals surface area contributed by atoms with E-state index in [1.54, 1.807) is 18.6 Å². The molecule has 0 aliphatic heterocycles. The summed E-state index contributed by atoms with van der Waals surface area (Å²) in [5, 5.41) is 6.43. The van der Waals surface area contributed by atoms with Gasteiger partial charge in [-0.3, -0.25) is 0 Å². The van der Waals surface area contributed by atoms with Crippen molar-refractivity contribution in [2.75, 3.05) is 23.7 Å². The van der Waals surface area contributed by atoms with Crippen molar-refractivity contribution < 1.29 is 0 Å². The third-order valence-corrected chi connectivity index (χ3v) is 3.23. The molecule has 0 amide bonds. The van der Waals surface area contributed by atoms with Gasteiger partial charge in [-0.05, 0) is 31.2 Å². The topological polar surface area (TPSA) is 105 Å². The van der Waals surface area contributed by atoms with Crippen LogP contribution in [0.5, 0.6) is 0 Å². The molecule has 3 rings (SSSR count). The molecule has 2 heterocycles. The van der Waals surface area contributed by atoms with Gasteiger partial charge in [0.1, 0.15) is 11.6 Å². The van der Waals surface area contributed by atoms with Gasteiger partial charge in [0.05, 0.1) is 0 Å². The predicted octanol–water partition coefficient (Wildman–Crippen LogP) is 2.37. The van der Waals surface area contributed by atoms with Gasteiger partial charge in [-0.25, -0.2) is 9.97 Å². The van der Waals surface area contributed by atoms with Crippen molar-refractivity contribution in [3.05, 3.63) is 48.9 Å². The van der Waals surface area contributed by atoms with E-state index in [4.69, 9.17) is 5.73 Å². The van der Waals surface area contributed by atoms with Gasteiger partial charge in [0.2, 0.25) is 5.95 Å². The highest BCUT2D eigenvalue weighted by atomic mass is 15.1. The largest absolute Gasteiger partial charge is 0.370 e. The first-order valence-corrected chi connectivity index (χ1v) is 7.49. The fourth-order valence-electron chi connectivity index (χ4n) is 2.13. The first-order valence-electron chi connectivity index (χ1n) is 7.49. The summed E-state index contributed by atoms with van der Waals surface area (Å²) in [5.41, 5.74) is 7.38. The van der Waals surface area contributed by atoms with Gasteiger partial charge >= 0.3 is 0 Å². The lowest BCUT2D eigenvalue weighted by Crippen LogP contribution is -2.10. The molecule has 0 saturated carbocycles. The summed E-state index contributed by atoms with van der Waals surface area (Å²) >= 11 is 0. The van der Waals surface area contributed by atoms with E-state index < -0.39 is 0 Å². The number of aromatic nitrogens is 4. The van der Waals surface area contributed by atoms with E-state index in [-0.39, 0.29) is 0 Å². The monoisotopic (exact) mass is 309 g/mol. The molecule has 0 saturated heterocycles. The number of aromatic amines is 1. The second-order valence-corrected chi connectivity index (χ2v) is 4.98. The molecule has 23 heavy (non-hydrogen) atoms. The van der Waals surface area contributed by atoms with Crippen molar-refractivity contribution in [1.29, 1.82) is 0 Å². The van der Waals surface area contributed by atoms with Gasteiger partial charge in [-0.1, -0.05) is 12.1 Å². The molecule has 5 N–H and O–H groups in total. The number of nitrogens with one attached hydrogen (secondary N) is 3. The Bertz CT molecular complexity index is 740. The van der Waals surface area contributed by atoms with Crippen LogP contribution >= 0.6 is 0 Å². The van der Waals surface area contributed by atoms with Gasteiger partial charge in [-0.2, -0.15) is 4.98 Å². The van der Waals surface area contributed by atoms with Crippen LogP contribution in [0.15, 0.2) is 48.9 Å². The number of anilines is 3. The molecule has 0 aliphatic carbocycles. The molecule has 0 aliphatic rings. The number of hydrogen-bond donors (Lipinski definition) is 4. The van der Waals surface area contributed by atoms with E-state index in [0.29, 0.717) is 12.5 Å². The molecular weight excluding hydrogens is 290 g/mol. The normalized spacial score (nSPS) is 10.5. The van der Waals surface area contributed by atoms with Crippen molar-refractivity contribution >= 4 is 17.5 Å². The summed E-state index contributed by atoms with van der Waals surface area (Å²) in [5.74, 6) is 2.14. The van der Waals surface area contributed by atoms with E-state index >= 15 is 0 Å². The van der Waals surface area contributed by atoms with E-state index in [1.165, 1.54) is 0 Å². The average molecular weight is 309 g/mol. The van der Waals surface area contributed by atoms with Crippen LogP contribution in [0, 0.1) is 0 Å². The first kappa shape index (κ1) is 15.0. The molecule has 118 valence electrons. The molecule has 2 aromatic heterocycles. The third kappa shape index (κ3) is 4.04. The molecule has 0 unspecified atom stereocenters. The number of nitrogens with two attached hydrogens (primary N) is 1. The molecule has 0 atom stereocenters. The number of nitrogens with zero attached hydrogens (tertiary/aromatic N) is 3. The molecule has 0 fully saturated rings. The smallest absolute Gasteiger partial charge is 0.229 e. The summed E-state index contributed by atoms with van der Waals surface area (Å²) in [7, 11) is 0. The Labute approximate surface area is 134 Å². The van der Waals surface area contributed by atoms with E-state index in [9.17, 15) is 0 Å². The number of hydrogen-bond acceptors (Lipinski definition) is 6. The Morgan fingerprint density at radius 2 is 2.09 bits per heavy atom. The van der Waals surface area contributed by atoms with Crippen LogP contribution in [-0.4, -0.2) is 33.0 Å². The zero-order valence-electron chi connectivity index (χ0n) is 12.7. The summed E-state index contributed by atoms with van der Waals surface area (Å²) in [6.45, 7) is 1.45. The van der Waals surface area contributed by atoms with Gasteiger partial charge in [0, 0.05) is 36.4 Å². The molecule has 3 aromatic rings. The van der Waals surface area contributed by atoms with Crippen molar-refractivity contribution in [2.24, 2.45) is 5.73 Å². The quantitative estimate of drug-likeness (QED) is 0.499. The molecular formula is C16H19N7. The standard InChI is InChI=1S/C16H19N7/c17-6-2-7-18-14-5-8-21-16(23-14)22-13-4-1-3-12(11-13)15-19-9-10-20-15/h1,3-5,8-11H,2,6-7,17H2,(H,19,20)(H2,18,21,22,23). The highest BCUT2D eigenvalue weighted by molar-refractivity contribution is 5.65. The lowest BCUT2D eigenvalue weighted by Gasteiger charge is -2.08. The molecule has 0 radical (unpaired) electrons. The van der Waals surface area contributed by atoms with Gasteiger partial charge in [-0.15, -0.1) is 0 Å². The first-order chi connectivity index (χ1) is 11.3. The molecule has 0 spiro atoms. The van der Waals surface area contributed by atoms with Gasteiger partial charge in [0.25, 0.3) is 0 Å². The molecule has 7 heteroatoms. The number of imidazole rings is 1. The number of rotatable bonds is 7. The maximum atomic E-state index is 5.49. The van der Waals surface area contributed by atoms with Crippen LogP contribution in [0.25, 0.3) is 11.4 Å². The van der Waals surface area contributed by atoms with Crippen LogP contribution in [0.2, 0.25) is 0 Å². The van der Waals surface area contributed by atoms with E-state index in [0.717, 1.165) is 35.9 Å². The van der Waals surface area contributed by atoms with Crippen molar-refractivity contribution in [2.45, 2.75) is 6.42 Å². The van der Waals surface area contributed by atoms with E-state index in [1.807, 2.05) is 30.3 Å². The fraction of sp³-hybridized carbons (Fsp3) is 0.188. The second kappa shape index (κ2) is 7.37. The maximum absolute atomic E-state index is 5.49. The summed E-state index contributed by atoms with van der Waals surface area (Å²) in [6, 6.07) is 9.75. The van der Waals surface area contributed by atoms with Gasteiger partial charge < -0.3 is 21.4 Å². The Morgan fingerprint density at radius 1 is 1.13 bits per heavy atom. The SMILES string of the molecule is NCCCNc1ccnc(Nc2cccc(-c3ncc[nH]3)c2)n1. The summed E-state index contributed by atoms with van der Waals surface area (Å²) in [4.78, 5) is 16.0. The van der Waals surface area contributed by atoms with Crippen molar-refractivity contribution in [3.63, 3.8) is 0 Å². The average Bonchev–Trinajstić information content (AvgIpc) is 3.10. The lowest BCUT2D eigenvalue weighted by atomic mass is 10.2. The fourth-order valence-corrected chi connectivity index (χ4v) is 2.13. The number of benzene rings is 1. The van der Waals surface area contributed by atoms with Crippen molar-refractivity contribution in [3.8, 4) is 11.4 Å². The van der Waals surface area contributed by atoms with E-state index in [2.05, 4.69) is 30.6 Å². The zero-order valence-corrected chi connectivity index (χ0v) is 12.7. The summed E-state index contributed by atoms with van der Waals surface area (Å²) < 4.78 is 0. The molecule has 7 nitrogen and oxygen atoms in total. The Kier molecular flexibility index (Phi) is 4.80. The third-order valence-electron chi connectivity index (χ3n) is 3.23. The highest BCUT2D eigenvalue weighted by Crippen LogP contribution is 2.21. The minimum atomic E-state index is 0.541. The Morgan fingerprint density at radius 3 is 2.91 bits per heavy atom. The van der Waals surface area contributed by atoms with Crippen LogP contribution < -0.4 is 16.4 Å². The Hall–Kier alpha value is -2.93. The van der Waals surface area contributed by atoms with Crippen LogP contribution in [0.3, 0.4) is 0 Å². The minimum Gasteiger partial charge on any atom is -0.370 e. The number of H-pyrrole nitrogens is 1. The predicted molar refractivity (Wildman–Crippen MR) is 91.5 cm³/mol.